The van der Waals surface area contributed by atoms with Crippen LogP contribution in [0.4, 0.5) is 0 Å². The SMILES string of the molecule is CC(=O)CCC(=O)c1c(O)c2cc(Oc3ccc4ccccc4c3)ccc2n(C)c1=O. The van der Waals surface area contributed by atoms with Crippen molar-refractivity contribution >= 4 is 33.2 Å². The molecule has 0 aliphatic carbocycles. The van der Waals surface area contributed by atoms with E-state index in [0.29, 0.717) is 22.4 Å². The van der Waals surface area contributed by atoms with Crippen LogP contribution in [0.15, 0.2) is 65.5 Å². The first kappa shape index (κ1) is 20.3. The highest BCUT2D eigenvalue weighted by Crippen LogP contribution is 2.33. The maximum Gasteiger partial charge on any atom is 0.265 e. The number of hydrogen-bond donors (Lipinski definition) is 1. The van der Waals surface area contributed by atoms with E-state index in [2.05, 4.69) is 0 Å². The third-order valence-corrected chi connectivity index (χ3v) is 5.28. The maximum atomic E-state index is 12.7. The molecule has 0 amide bonds. The summed E-state index contributed by atoms with van der Waals surface area (Å²) in [6, 6.07) is 18.6. The fourth-order valence-corrected chi connectivity index (χ4v) is 3.61. The van der Waals surface area contributed by atoms with Crippen LogP contribution in [0, 0.1) is 0 Å². The van der Waals surface area contributed by atoms with Crippen LogP contribution in [0.25, 0.3) is 21.7 Å². The molecule has 6 nitrogen and oxygen atoms in total. The Morgan fingerprint density at radius 2 is 1.61 bits per heavy atom. The minimum absolute atomic E-state index is 0.0184. The smallest absolute Gasteiger partial charge is 0.265 e. The lowest BCUT2D eigenvalue weighted by molar-refractivity contribution is -0.116. The van der Waals surface area contributed by atoms with Gasteiger partial charge in [0, 0.05) is 25.3 Å². The molecule has 3 aromatic carbocycles. The highest BCUT2D eigenvalue weighted by atomic mass is 16.5. The summed E-state index contributed by atoms with van der Waals surface area (Å²) in [5, 5.41) is 13.2. The minimum atomic E-state index is -0.596. The highest BCUT2D eigenvalue weighted by molar-refractivity contribution is 6.04. The lowest BCUT2D eigenvalue weighted by atomic mass is 10.0. The second kappa shape index (κ2) is 8.07. The molecule has 0 unspecified atom stereocenters. The van der Waals surface area contributed by atoms with Gasteiger partial charge in [-0.15, -0.1) is 0 Å². The number of fused-ring (bicyclic) bond motifs is 2. The Morgan fingerprint density at radius 3 is 2.35 bits per heavy atom. The lowest BCUT2D eigenvalue weighted by Crippen LogP contribution is -2.25. The van der Waals surface area contributed by atoms with E-state index in [1.807, 2.05) is 42.5 Å². The number of aromatic hydroxyl groups is 1. The predicted molar refractivity (Wildman–Crippen MR) is 119 cm³/mol. The van der Waals surface area contributed by atoms with Crippen molar-refractivity contribution in [3.8, 4) is 17.2 Å². The van der Waals surface area contributed by atoms with E-state index in [4.69, 9.17) is 4.74 Å². The van der Waals surface area contributed by atoms with Gasteiger partial charge in [-0.25, -0.2) is 0 Å². The molecule has 0 aliphatic rings. The first-order valence-corrected chi connectivity index (χ1v) is 9.90. The van der Waals surface area contributed by atoms with Crippen LogP contribution in [-0.4, -0.2) is 21.2 Å². The molecule has 1 N–H and O–H groups in total. The molecule has 0 saturated heterocycles. The number of ether oxygens (including phenoxy) is 1. The number of hydrogen-bond acceptors (Lipinski definition) is 5. The highest BCUT2D eigenvalue weighted by Gasteiger charge is 2.21. The number of carbonyl (C=O) groups is 2. The van der Waals surface area contributed by atoms with Gasteiger partial charge in [-0.1, -0.05) is 30.3 Å². The Hall–Kier alpha value is -3.93. The summed E-state index contributed by atoms with van der Waals surface area (Å²) < 4.78 is 7.29. The fourth-order valence-electron chi connectivity index (χ4n) is 3.61. The van der Waals surface area contributed by atoms with Gasteiger partial charge in [-0.2, -0.15) is 0 Å². The Balaban J connectivity index is 1.75. The van der Waals surface area contributed by atoms with Gasteiger partial charge in [0.25, 0.3) is 5.56 Å². The number of pyridine rings is 1. The molecule has 6 heteroatoms. The number of aromatic nitrogens is 1. The summed E-state index contributed by atoms with van der Waals surface area (Å²) >= 11 is 0. The van der Waals surface area contributed by atoms with Crippen molar-refractivity contribution in [2.75, 3.05) is 0 Å². The van der Waals surface area contributed by atoms with Gasteiger partial charge in [0.2, 0.25) is 0 Å². The summed E-state index contributed by atoms with van der Waals surface area (Å²) in [5.74, 6) is -0.0258. The van der Waals surface area contributed by atoms with E-state index in [-0.39, 0.29) is 24.2 Å². The number of ketones is 2. The van der Waals surface area contributed by atoms with Gasteiger partial charge in [-0.05, 0) is 48.0 Å². The number of carbonyl (C=O) groups excluding carboxylic acids is 2. The van der Waals surface area contributed by atoms with Crippen molar-refractivity contribution in [2.24, 2.45) is 7.05 Å². The minimum Gasteiger partial charge on any atom is -0.506 e. The molecule has 0 atom stereocenters. The van der Waals surface area contributed by atoms with Gasteiger partial charge in [0.1, 0.15) is 28.6 Å². The Morgan fingerprint density at radius 1 is 0.935 bits per heavy atom. The zero-order chi connectivity index (χ0) is 22.1. The summed E-state index contributed by atoms with van der Waals surface area (Å²) in [4.78, 5) is 36.4. The predicted octanol–water partition coefficient (Wildman–Crippen LogP) is 4.74. The largest absolute Gasteiger partial charge is 0.506 e. The van der Waals surface area contributed by atoms with Gasteiger partial charge in [-0.3, -0.25) is 9.59 Å². The Bertz CT molecular complexity index is 1400. The van der Waals surface area contributed by atoms with Gasteiger partial charge in [0.05, 0.1) is 5.52 Å². The molecule has 0 spiro atoms. The van der Waals surface area contributed by atoms with Gasteiger partial charge >= 0.3 is 0 Å². The molecule has 1 aromatic heterocycles. The molecule has 0 fully saturated rings. The molecular formula is C25H21NO5. The topological polar surface area (TPSA) is 85.6 Å². The van der Waals surface area contributed by atoms with Crippen LogP contribution in [0.1, 0.15) is 30.1 Å². The van der Waals surface area contributed by atoms with Crippen LogP contribution in [0.5, 0.6) is 17.2 Å². The van der Waals surface area contributed by atoms with Crippen molar-refractivity contribution in [3.05, 3.63) is 76.6 Å². The quantitative estimate of drug-likeness (QED) is 0.460. The monoisotopic (exact) mass is 415 g/mol. The zero-order valence-corrected chi connectivity index (χ0v) is 17.2. The molecule has 0 saturated carbocycles. The van der Waals surface area contributed by atoms with Crippen LogP contribution >= 0.6 is 0 Å². The van der Waals surface area contributed by atoms with Crippen molar-refractivity contribution in [2.45, 2.75) is 19.8 Å². The fraction of sp³-hybridized carbons (Fsp3) is 0.160. The molecule has 0 aliphatic heterocycles. The van der Waals surface area contributed by atoms with Crippen LogP contribution in [0.2, 0.25) is 0 Å². The van der Waals surface area contributed by atoms with Crippen molar-refractivity contribution < 1.29 is 19.4 Å². The molecule has 0 bridgehead atoms. The summed E-state index contributed by atoms with van der Waals surface area (Å²) in [7, 11) is 1.54. The number of Topliss-reactive ketones (excluding diaryl/α,β-unsaturated/α-hetero) is 2. The summed E-state index contributed by atoms with van der Waals surface area (Å²) in [5.41, 5.74) is -0.433. The van der Waals surface area contributed by atoms with Crippen molar-refractivity contribution in [1.29, 1.82) is 0 Å². The summed E-state index contributed by atoms with van der Waals surface area (Å²) in [6.07, 6.45) is -0.110. The average Bonchev–Trinajstić information content (AvgIpc) is 2.76. The van der Waals surface area contributed by atoms with Gasteiger partial charge in [0.15, 0.2) is 5.78 Å². The van der Waals surface area contributed by atoms with E-state index < -0.39 is 17.1 Å². The molecular weight excluding hydrogens is 394 g/mol. The Kier molecular flexibility index (Phi) is 5.29. The molecule has 4 aromatic rings. The van der Waals surface area contributed by atoms with E-state index in [1.54, 1.807) is 18.2 Å². The van der Waals surface area contributed by atoms with Crippen LogP contribution in [0.3, 0.4) is 0 Å². The molecule has 0 radical (unpaired) electrons. The van der Waals surface area contributed by atoms with Crippen LogP contribution in [-0.2, 0) is 11.8 Å². The third kappa shape index (κ3) is 3.92. The number of benzene rings is 3. The number of nitrogens with zero attached hydrogens (tertiary/aromatic N) is 1. The first-order chi connectivity index (χ1) is 14.8. The van der Waals surface area contributed by atoms with Crippen molar-refractivity contribution in [3.63, 3.8) is 0 Å². The Labute approximate surface area is 178 Å². The molecule has 156 valence electrons. The second-order valence-electron chi connectivity index (χ2n) is 7.50. The third-order valence-electron chi connectivity index (χ3n) is 5.28. The molecule has 1 heterocycles. The van der Waals surface area contributed by atoms with E-state index >= 15 is 0 Å². The van der Waals surface area contributed by atoms with E-state index in [0.717, 1.165) is 10.8 Å². The van der Waals surface area contributed by atoms with Gasteiger partial charge < -0.3 is 19.2 Å². The lowest BCUT2D eigenvalue weighted by Gasteiger charge is -2.13. The normalized spacial score (nSPS) is 11.0. The zero-order valence-electron chi connectivity index (χ0n) is 17.2. The summed E-state index contributed by atoms with van der Waals surface area (Å²) in [6.45, 7) is 1.38. The standard InChI is InChI=1S/C25H21NO5/c1-15(27)7-12-22(28)23-24(29)20-14-19(10-11-21(20)26(2)25(23)30)31-18-9-8-16-5-3-4-6-17(16)13-18/h3-6,8-11,13-14,29H,7,12H2,1-2H3. The van der Waals surface area contributed by atoms with E-state index in [1.165, 1.54) is 18.5 Å². The first-order valence-electron chi connectivity index (χ1n) is 9.90. The molecule has 4 rings (SSSR count). The number of rotatable bonds is 6. The van der Waals surface area contributed by atoms with Crippen molar-refractivity contribution in [1.82, 2.24) is 4.57 Å². The van der Waals surface area contributed by atoms with Crippen LogP contribution < -0.4 is 10.3 Å². The average molecular weight is 415 g/mol. The van der Waals surface area contributed by atoms with E-state index in [9.17, 15) is 19.5 Å². The second-order valence-corrected chi connectivity index (χ2v) is 7.50. The number of aryl methyl sites for hydroxylation is 1. The molecule has 31 heavy (non-hydrogen) atoms. The maximum absolute atomic E-state index is 12.7.